The van der Waals surface area contributed by atoms with Gasteiger partial charge in [-0.3, -0.25) is 0 Å². The fourth-order valence-corrected chi connectivity index (χ4v) is 6.85. The van der Waals surface area contributed by atoms with Crippen LogP contribution in [0.15, 0.2) is 103 Å². The van der Waals surface area contributed by atoms with Gasteiger partial charge in [-0.15, -0.1) is 0 Å². The Morgan fingerprint density at radius 3 is 1.23 bits per heavy atom. The highest BCUT2D eigenvalue weighted by atomic mass is 15.1. The Kier molecular flexibility index (Phi) is 5.39. The second-order valence-electron chi connectivity index (χ2n) is 13.5. The molecule has 0 radical (unpaired) electrons. The van der Waals surface area contributed by atoms with Crippen LogP contribution in [0.4, 0.5) is 0 Å². The summed E-state index contributed by atoms with van der Waals surface area (Å²) in [6, 6.07) is 35.4. The molecule has 0 atom stereocenters. The highest BCUT2D eigenvalue weighted by Crippen LogP contribution is 2.39. The van der Waals surface area contributed by atoms with Gasteiger partial charge in [0.05, 0.1) is 0 Å². The van der Waals surface area contributed by atoms with Gasteiger partial charge in [0.1, 0.15) is 22.6 Å². The molecule has 48 heavy (non-hydrogen) atoms. The fraction of sp³-hybridized carbons (Fsp3) is 0.100. The fourth-order valence-electron chi connectivity index (χ4n) is 6.85. The molecule has 3 aromatic heterocycles. The first kappa shape index (κ1) is 26.9. The Hall–Kier alpha value is -6.28. The van der Waals surface area contributed by atoms with Crippen LogP contribution in [0.1, 0.15) is 26.3 Å². The lowest BCUT2D eigenvalue weighted by Gasteiger charge is -2.19. The largest absolute Gasteiger partial charge is 0.324 e. The quantitative estimate of drug-likeness (QED) is 0.175. The van der Waals surface area contributed by atoms with Gasteiger partial charge < -0.3 is 9.97 Å². The zero-order valence-corrected chi connectivity index (χ0v) is 26.5. The lowest BCUT2D eigenvalue weighted by Crippen LogP contribution is -2.10. The summed E-state index contributed by atoms with van der Waals surface area (Å²) < 4.78 is 0. The number of nitrogens with one attached hydrogen (secondary N) is 2. The summed E-state index contributed by atoms with van der Waals surface area (Å²) in [6.45, 7) is 6.71. The van der Waals surface area contributed by atoms with E-state index in [0.29, 0.717) is 45.9 Å². The maximum atomic E-state index is 5.19. The number of fused-ring (bicyclic) bond motifs is 21. The van der Waals surface area contributed by atoms with Crippen LogP contribution in [0.3, 0.4) is 0 Å². The number of aromatic nitrogens is 8. The minimum Gasteiger partial charge on any atom is -0.324 e. The van der Waals surface area contributed by atoms with E-state index in [1.165, 1.54) is 5.56 Å². The average molecular weight is 621 g/mol. The van der Waals surface area contributed by atoms with Gasteiger partial charge in [-0.25, -0.2) is 29.9 Å². The summed E-state index contributed by atoms with van der Waals surface area (Å²) in [4.78, 5) is 37.6. The van der Waals surface area contributed by atoms with Gasteiger partial charge >= 0.3 is 0 Å². The topological polar surface area (TPSA) is 109 Å². The van der Waals surface area contributed by atoms with Crippen LogP contribution >= 0.6 is 0 Å². The molecule has 0 spiro atoms. The predicted molar refractivity (Wildman–Crippen MR) is 192 cm³/mol. The highest BCUT2D eigenvalue weighted by Gasteiger charge is 2.23. The van der Waals surface area contributed by atoms with Crippen LogP contribution < -0.4 is 0 Å². The van der Waals surface area contributed by atoms with E-state index in [2.05, 4.69) is 85.3 Å². The van der Waals surface area contributed by atoms with Crippen molar-refractivity contribution in [2.24, 2.45) is 0 Å². The van der Waals surface area contributed by atoms with Crippen molar-refractivity contribution in [3.8, 4) is 45.6 Å². The minimum absolute atomic E-state index is 0.0217. The highest BCUT2D eigenvalue weighted by molar-refractivity contribution is 6.06. The number of benzene rings is 5. The summed E-state index contributed by atoms with van der Waals surface area (Å²) in [6.07, 6.45) is 0. The molecule has 8 heteroatoms. The molecule has 0 fully saturated rings. The Morgan fingerprint density at radius 1 is 0.396 bits per heavy atom. The number of hydrogen-bond donors (Lipinski definition) is 2. The Morgan fingerprint density at radius 2 is 0.792 bits per heavy atom. The molecular formula is C40H28N8. The van der Waals surface area contributed by atoms with Gasteiger partial charge in [-0.2, -0.15) is 0 Å². The van der Waals surface area contributed by atoms with Gasteiger partial charge in [-0.05, 0) is 33.9 Å². The zero-order chi connectivity index (χ0) is 32.1. The summed E-state index contributed by atoms with van der Waals surface area (Å²) in [7, 11) is 0. The Labute approximate surface area is 274 Å². The Balaban J connectivity index is 1.37. The molecule has 0 unspecified atom stereocenters. The molecule has 2 aliphatic heterocycles. The van der Waals surface area contributed by atoms with Crippen molar-refractivity contribution in [3.05, 3.63) is 109 Å². The SMILES string of the molecule is CC(C)(C)c1ccc2cc3c(cc2c1)-c1nc-3nc2[nH]c(nc3nc(nc4[nH]c(n1)c1ccccc41)-c1ccccc1-3)c1ccccc21. The molecular weight excluding hydrogens is 592 g/mol. The van der Waals surface area contributed by atoms with E-state index in [4.69, 9.17) is 29.9 Å². The first-order chi connectivity index (χ1) is 23.4. The number of H-pyrrole nitrogens is 2. The molecule has 10 rings (SSSR count). The van der Waals surface area contributed by atoms with E-state index >= 15 is 0 Å². The average Bonchev–Trinajstić information content (AvgIpc) is 3.82. The molecule has 2 N–H and O–H groups in total. The van der Waals surface area contributed by atoms with Gasteiger partial charge in [0, 0.05) is 43.8 Å². The standard InChI is InChI=1S/C40H28N8/c1-40(2,3)23-17-16-21-19-30-31(20-22(21)18-23)39-47-37-29-15-9-7-13-27(29)35(45-37)43-33-25-11-5-4-10-24(25)32(41-33)42-34-26-12-6-8-14-28(26)36(44-34)46-38(30)48-39/h4-20H,1-3H3,(H2,41,42,43,44,45,46,47,48). The van der Waals surface area contributed by atoms with Crippen molar-refractivity contribution >= 4 is 54.9 Å². The minimum atomic E-state index is 0.0217. The molecule has 8 bridgehead atoms. The summed E-state index contributed by atoms with van der Waals surface area (Å²) >= 11 is 0. The van der Waals surface area contributed by atoms with Crippen molar-refractivity contribution in [2.45, 2.75) is 26.2 Å². The monoisotopic (exact) mass is 620 g/mol. The van der Waals surface area contributed by atoms with Crippen molar-refractivity contribution in [1.82, 2.24) is 39.9 Å². The van der Waals surface area contributed by atoms with Crippen molar-refractivity contribution < 1.29 is 0 Å². The van der Waals surface area contributed by atoms with E-state index in [1.54, 1.807) is 0 Å². The van der Waals surface area contributed by atoms with Crippen LogP contribution in [0, 0.1) is 0 Å². The summed E-state index contributed by atoms with van der Waals surface area (Å²) in [5.41, 5.74) is 7.73. The molecule has 0 aliphatic carbocycles. The van der Waals surface area contributed by atoms with Gasteiger partial charge in [0.2, 0.25) is 0 Å². The molecule has 0 amide bonds. The number of nitrogens with zero attached hydrogens (tertiary/aromatic N) is 6. The van der Waals surface area contributed by atoms with Gasteiger partial charge in [0.25, 0.3) is 0 Å². The van der Waals surface area contributed by atoms with Gasteiger partial charge in [0.15, 0.2) is 23.3 Å². The normalized spacial score (nSPS) is 12.5. The third-order valence-electron chi connectivity index (χ3n) is 9.38. The molecule has 0 saturated carbocycles. The molecule has 5 heterocycles. The van der Waals surface area contributed by atoms with E-state index in [1.807, 2.05) is 48.5 Å². The van der Waals surface area contributed by atoms with E-state index in [0.717, 1.165) is 54.6 Å². The second kappa shape index (κ2) is 9.62. The third-order valence-corrected chi connectivity index (χ3v) is 9.38. The number of aromatic amines is 2. The Bertz CT molecular complexity index is 2840. The first-order valence-corrected chi connectivity index (χ1v) is 16.1. The lowest BCUT2D eigenvalue weighted by atomic mass is 9.85. The van der Waals surface area contributed by atoms with Crippen LogP contribution in [-0.4, -0.2) is 39.9 Å². The van der Waals surface area contributed by atoms with Crippen LogP contribution in [0.5, 0.6) is 0 Å². The maximum Gasteiger partial charge on any atom is 0.164 e. The maximum absolute atomic E-state index is 5.19. The van der Waals surface area contributed by atoms with Crippen LogP contribution in [0.25, 0.3) is 100 Å². The predicted octanol–water partition coefficient (Wildman–Crippen LogP) is 9.32. The van der Waals surface area contributed by atoms with Crippen molar-refractivity contribution in [3.63, 3.8) is 0 Å². The van der Waals surface area contributed by atoms with E-state index in [-0.39, 0.29) is 5.41 Å². The molecule has 8 nitrogen and oxygen atoms in total. The molecule has 0 saturated heterocycles. The third kappa shape index (κ3) is 4.02. The summed E-state index contributed by atoms with van der Waals surface area (Å²) in [5, 5.41) is 6.07. The number of rotatable bonds is 0. The van der Waals surface area contributed by atoms with Crippen molar-refractivity contribution in [1.29, 1.82) is 0 Å². The van der Waals surface area contributed by atoms with Crippen LogP contribution in [0.2, 0.25) is 0 Å². The van der Waals surface area contributed by atoms with E-state index < -0.39 is 0 Å². The number of hydrogen-bond acceptors (Lipinski definition) is 6. The summed E-state index contributed by atoms with van der Waals surface area (Å²) in [5.74, 6) is 2.38. The molecule has 228 valence electrons. The lowest BCUT2D eigenvalue weighted by molar-refractivity contribution is 0.591. The van der Waals surface area contributed by atoms with E-state index in [9.17, 15) is 0 Å². The second-order valence-corrected chi connectivity index (χ2v) is 13.5. The zero-order valence-electron chi connectivity index (χ0n) is 26.5. The molecule has 8 aromatic rings. The van der Waals surface area contributed by atoms with Crippen LogP contribution in [-0.2, 0) is 5.41 Å². The molecule has 5 aromatic carbocycles. The first-order valence-electron chi connectivity index (χ1n) is 16.1. The smallest absolute Gasteiger partial charge is 0.164 e. The van der Waals surface area contributed by atoms with Gasteiger partial charge in [-0.1, -0.05) is 112 Å². The molecule has 2 aliphatic rings. The van der Waals surface area contributed by atoms with Crippen molar-refractivity contribution in [2.75, 3.05) is 0 Å².